The molecule has 1 aliphatic carbocycles. The molecule has 1 atom stereocenters. The number of hydrogen-bond donors (Lipinski definition) is 0. The fourth-order valence-corrected chi connectivity index (χ4v) is 4.21. The molecule has 0 aromatic heterocycles. The number of para-hydroxylation sites is 2. The highest BCUT2D eigenvalue weighted by Crippen LogP contribution is 2.34. The summed E-state index contributed by atoms with van der Waals surface area (Å²) < 4.78 is 5.38. The monoisotopic (exact) mass is 344 g/mol. The Bertz CT molecular complexity index is 638. The van der Waals surface area contributed by atoms with Crippen LogP contribution in [0.2, 0.25) is 0 Å². The zero-order valence-corrected chi connectivity index (χ0v) is 15.4. The minimum Gasteiger partial charge on any atom is -0.495 e. The Labute approximate surface area is 149 Å². The van der Waals surface area contributed by atoms with Crippen LogP contribution in [0.3, 0.4) is 0 Å². The van der Waals surface area contributed by atoms with E-state index in [1.54, 1.807) is 12.0 Å². The van der Waals surface area contributed by atoms with Gasteiger partial charge in [-0.25, -0.2) is 0 Å². The maximum Gasteiger partial charge on any atom is 0.228 e. The van der Waals surface area contributed by atoms with E-state index >= 15 is 0 Å². The van der Waals surface area contributed by atoms with Crippen LogP contribution in [0.15, 0.2) is 24.3 Å². The van der Waals surface area contributed by atoms with Crippen molar-refractivity contribution in [2.75, 3.05) is 18.6 Å². The first-order valence-corrected chi connectivity index (χ1v) is 9.28. The van der Waals surface area contributed by atoms with Gasteiger partial charge in [-0.15, -0.1) is 0 Å². The molecule has 1 aromatic rings. The number of anilines is 1. The number of rotatable bonds is 5. The van der Waals surface area contributed by atoms with Crippen LogP contribution in [0.25, 0.3) is 0 Å². The molecule has 1 aliphatic heterocycles. The van der Waals surface area contributed by atoms with Crippen LogP contribution in [0.1, 0.15) is 46.0 Å². The number of methoxy groups -OCH3 is 1. The van der Waals surface area contributed by atoms with E-state index in [0.717, 1.165) is 18.5 Å². The fraction of sp³-hybridized carbons (Fsp3) is 0.600. The van der Waals surface area contributed by atoms with Gasteiger partial charge in [0.1, 0.15) is 5.75 Å². The number of hydrogen-bond acceptors (Lipinski definition) is 3. The Hall–Kier alpha value is -2.04. The molecular formula is C20H28N2O3. The highest BCUT2D eigenvalue weighted by atomic mass is 16.5. The van der Waals surface area contributed by atoms with Crippen molar-refractivity contribution in [1.82, 2.24) is 4.90 Å². The summed E-state index contributed by atoms with van der Waals surface area (Å²) in [6, 6.07) is 8.00. The first-order valence-electron chi connectivity index (χ1n) is 9.28. The third-order valence-electron chi connectivity index (χ3n) is 5.38. The molecule has 1 saturated heterocycles. The van der Waals surface area contributed by atoms with Crippen LogP contribution in [-0.4, -0.2) is 42.5 Å². The lowest BCUT2D eigenvalue weighted by atomic mass is 10.0. The quantitative estimate of drug-likeness (QED) is 0.824. The number of amides is 2. The topological polar surface area (TPSA) is 49.9 Å². The standard InChI is InChI=1S/C20H28N2O3/c1-14(2)22(16-8-4-5-9-16)20(24)15-12-19(23)21(13-15)17-10-6-7-11-18(17)25-3/h6-7,10-11,14-16H,4-5,8-9,12-13H2,1-3H3. The molecular weight excluding hydrogens is 316 g/mol. The summed E-state index contributed by atoms with van der Waals surface area (Å²) in [6.07, 6.45) is 4.84. The molecule has 5 heteroatoms. The second-order valence-electron chi connectivity index (χ2n) is 7.35. The maximum atomic E-state index is 13.2. The summed E-state index contributed by atoms with van der Waals surface area (Å²) in [5.74, 6) is 0.534. The van der Waals surface area contributed by atoms with Crippen molar-refractivity contribution in [2.24, 2.45) is 5.92 Å². The van der Waals surface area contributed by atoms with Crippen LogP contribution < -0.4 is 9.64 Å². The summed E-state index contributed by atoms with van der Waals surface area (Å²) in [4.78, 5) is 29.5. The Morgan fingerprint density at radius 3 is 2.56 bits per heavy atom. The predicted molar refractivity (Wildman–Crippen MR) is 97.7 cm³/mol. The molecule has 3 rings (SSSR count). The normalized spacial score (nSPS) is 21.2. The third kappa shape index (κ3) is 3.51. The van der Waals surface area contributed by atoms with Crippen LogP contribution >= 0.6 is 0 Å². The summed E-state index contributed by atoms with van der Waals surface area (Å²) >= 11 is 0. The third-order valence-corrected chi connectivity index (χ3v) is 5.38. The van der Waals surface area contributed by atoms with Crippen molar-refractivity contribution >= 4 is 17.5 Å². The molecule has 25 heavy (non-hydrogen) atoms. The minimum absolute atomic E-state index is 0.00187. The van der Waals surface area contributed by atoms with Gasteiger partial charge < -0.3 is 14.5 Å². The molecule has 2 aliphatic rings. The van der Waals surface area contributed by atoms with Crippen molar-refractivity contribution in [3.8, 4) is 5.75 Å². The minimum atomic E-state index is -0.264. The van der Waals surface area contributed by atoms with Gasteiger partial charge >= 0.3 is 0 Å². The molecule has 2 fully saturated rings. The maximum absolute atomic E-state index is 13.2. The van der Waals surface area contributed by atoms with E-state index in [1.807, 2.05) is 29.2 Å². The summed E-state index contributed by atoms with van der Waals surface area (Å²) in [5, 5.41) is 0. The molecule has 1 heterocycles. The second kappa shape index (κ2) is 7.46. The number of nitrogens with zero attached hydrogens (tertiary/aromatic N) is 2. The van der Waals surface area contributed by atoms with Crippen LogP contribution in [0.4, 0.5) is 5.69 Å². The van der Waals surface area contributed by atoms with E-state index in [9.17, 15) is 9.59 Å². The summed E-state index contributed by atoms with van der Waals surface area (Å²) in [7, 11) is 1.60. The van der Waals surface area contributed by atoms with Gasteiger partial charge in [0, 0.05) is 25.0 Å². The molecule has 1 saturated carbocycles. The Morgan fingerprint density at radius 1 is 1.24 bits per heavy atom. The molecule has 0 bridgehead atoms. The first kappa shape index (κ1) is 17.8. The molecule has 5 nitrogen and oxygen atoms in total. The molecule has 1 aromatic carbocycles. The van der Waals surface area contributed by atoms with Crippen molar-refractivity contribution in [3.05, 3.63) is 24.3 Å². The molecule has 2 amide bonds. The van der Waals surface area contributed by atoms with Gasteiger partial charge in [-0.05, 0) is 38.8 Å². The lowest BCUT2D eigenvalue weighted by Gasteiger charge is -2.34. The van der Waals surface area contributed by atoms with E-state index in [0.29, 0.717) is 18.3 Å². The average molecular weight is 344 g/mol. The average Bonchev–Trinajstić information content (AvgIpc) is 3.24. The molecule has 1 unspecified atom stereocenters. The smallest absolute Gasteiger partial charge is 0.228 e. The van der Waals surface area contributed by atoms with Crippen molar-refractivity contribution in [1.29, 1.82) is 0 Å². The van der Waals surface area contributed by atoms with Gasteiger partial charge in [0.15, 0.2) is 0 Å². The summed E-state index contributed by atoms with van der Waals surface area (Å²) in [6.45, 7) is 4.59. The second-order valence-corrected chi connectivity index (χ2v) is 7.35. The van der Waals surface area contributed by atoms with Gasteiger partial charge in [0.25, 0.3) is 0 Å². The van der Waals surface area contributed by atoms with E-state index in [-0.39, 0.29) is 30.2 Å². The van der Waals surface area contributed by atoms with Gasteiger partial charge in [0.2, 0.25) is 11.8 Å². The predicted octanol–water partition coefficient (Wildman–Crippen LogP) is 3.23. The highest BCUT2D eigenvalue weighted by molar-refractivity contribution is 6.01. The Balaban J connectivity index is 1.78. The first-order chi connectivity index (χ1) is 12.0. The van der Waals surface area contributed by atoms with Crippen LogP contribution in [0.5, 0.6) is 5.75 Å². The van der Waals surface area contributed by atoms with Crippen LogP contribution in [-0.2, 0) is 9.59 Å². The molecule has 0 spiro atoms. The van der Waals surface area contributed by atoms with Gasteiger partial charge in [-0.3, -0.25) is 9.59 Å². The SMILES string of the molecule is COc1ccccc1N1CC(C(=O)N(C(C)C)C2CCCC2)CC1=O. The van der Waals surface area contributed by atoms with E-state index in [4.69, 9.17) is 4.74 Å². The van der Waals surface area contributed by atoms with Crippen molar-refractivity contribution in [2.45, 2.75) is 58.0 Å². The number of ether oxygens (including phenoxy) is 1. The number of carbonyl (C=O) groups is 2. The van der Waals surface area contributed by atoms with Crippen molar-refractivity contribution < 1.29 is 14.3 Å². The zero-order chi connectivity index (χ0) is 18.0. The molecule has 0 radical (unpaired) electrons. The fourth-order valence-electron chi connectivity index (χ4n) is 4.21. The van der Waals surface area contributed by atoms with Gasteiger partial charge in [0.05, 0.1) is 18.7 Å². The Kier molecular flexibility index (Phi) is 5.30. The van der Waals surface area contributed by atoms with E-state index in [1.165, 1.54) is 12.8 Å². The summed E-state index contributed by atoms with van der Waals surface area (Å²) in [5.41, 5.74) is 0.752. The Morgan fingerprint density at radius 2 is 1.92 bits per heavy atom. The zero-order valence-electron chi connectivity index (χ0n) is 15.4. The van der Waals surface area contributed by atoms with Crippen molar-refractivity contribution in [3.63, 3.8) is 0 Å². The molecule has 0 N–H and O–H groups in total. The number of carbonyl (C=O) groups excluding carboxylic acids is 2. The highest BCUT2D eigenvalue weighted by Gasteiger charge is 2.40. The number of benzene rings is 1. The van der Waals surface area contributed by atoms with Crippen LogP contribution in [0, 0.1) is 5.92 Å². The molecule has 136 valence electrons. The van der Waals surface area contributed by atoms with E-state index < -0.39 is 0 Å². The largest absolute Gasteiger partial charge is 0.495 e. The lowest BCUT2D eigenvalue weighted by Crippen LogP contribution is -2.47. The van der Waals surface area contributed by atoms with E-state index in [2.05, 4.69) is 13.8 Å². The van der Waals surface area contributed by atoms with Gasteiger partial charge in [-0.2, -0.15) is 0 Å². The lowest BCUT2D eigenvalue weighted by molar-refractivity contribution is -0.140. The van der Waals surface area contributed by atoms with Gasteiger partial charge in [-0.1, -0.05) is 25.0 Å².